The fraction of sp³-hybridized carbons (Fsp3) is 0.0952. The van der Waals surface area contributed by atoms with Crippen molar-refractivity contribution in [1.82, 2.24) is 14.8 Å². The zero-order valence-electron chi connectivity index (χ0n) is 15.3. The van der Waals surface area contributed by atoms with Crippen LogP contribution in [0.3, 0.4) is 0 Å². The van der Waals surface area contributed by atoms with Crippen LogP contribution < -0.4 is 5.32 Å². The Labute approximate surface area is 176 Å². The number of halogens is 3. The maximum atomic E-state index is 13.3. The molecule has 2 aromatic heterocycles. The number of anilines is 1. The van der Waals surface area contributed by atoms with Crippen LogP contribution in [0.25, 0.3) is 22.2 Å². The van der Waals surface area contributed by atoms with E-state index < -0.39 is 0 Å². The topological polar surface area (TPSA) is 59.8 Å². The van der Waals surface area contributed by atoms with Crippen LogP contribution >= 0.6 is 23.2 Å². The average Bonchev–Trinajstić information content (AvgIpc) is 3.02. The van der Waals surface area contributed by atoms with Crippen LogP contribution in [0.4, 0.5) is 10.1 Å². The van der Waals surface area contributed by atoms with E-state index in [1.165, 1.54) is 16.8 Å². The molecule has 4 rings (SSSR count). The smallest absolute Gasteiger partial charge is 0.246 e. The van der Waals surface area contributed by atoms with Crippen LogP contribution in [0.5, 0.6) is 0 Å². The molecular formula is C21H15Cl2FN4O. The van der Waals surface area contributed by atoms with Gasteiger partial charge in [0.15, 0.2) is 5.65 Å². The Morgan fingerprint density at radius 2 is 1.90 bits per heavy atom. The molecule has 0 saturated heterocycles. The van der Waals surface area contributed by atoms with Gasteiger partial charge in [0.1, 0.15) is 12.4 Å². The van der Waals surface area contributed by atoms with Crippen molar-refractivity contribution in [3.63, 3.8) is 0 Å². The number of fused-ring (bicyclic) bond motifs is 1. The maximum Gasteiger partial charge on any atom is 0.246 e. The lowest BCUT2D eigenvalue weighted by atomic mass is 10.0. The molecule has 1 N–H and O–H groups in total. The molecule has 0 bridgehead atoms. The van der Waals surface area contributed by atoms with Gasteiger partial charge < -0.3 is 5.32 Å². The summed E-state index contributed by atoms with van der Waals surface area (Å²) in [6, 6.07) is 13.1. The minimum Gasteiger partial charge on any atom is -0.323 e. The molecule has 146 valence electrons. The van der Waals surface area contributed by atoms with Crippen molar-refractivity contribution in [1.29, 1.82) is 0 Å². The van der Waals surface area contributed by atoms with Crippen LogP contribution in [-0.4, -0.2) is 20.7 Å². The number of carbonyl (C=O) groups is 1. The fourth-order valence-corrected chi connectivity index (χ4v) is 3.54. The first-order chi connectivity index (χ1) is 13.9. The largest absolute Gasteiger partial charge is 0.323 e. The minimum absolute atomic E-state index is 0.0486. The van der Waals surface area contributed by atoms with E-state index in [1.54, 1.807) is 36.5 Å². The molecule has 4 aromatic rings. The molecule has 8 heteroatoms. The van der Waals surface area contributed by atoms with E-state index >= 15 is 0 Å². The van der Waals surface area contributed by atoms with E-state index in [0.29, 0.717) is 16.4 Å². The molecule has 0 unspecified atom stereocenters. The fourth-order valence-electron chi connectivity index (χ4n) is 3.19. The minimum atomic E-state index is -0.312. The van der Waals surface area contributed by atoms with Crippen LogP contribution in [0, 0.1) is 12.7 Å². The average molecular weight is 429 g/mol. The Morgan fingerprint density at radius 1 is 1.14 bits per heavy atom. The Balaban J connectivity index is 1.67. The second-order valence-corrected chi connectivity index (χ2v) is 7.24. The summed E-state index contributed by atoms with van der Waals surface area (Å²) < 4.78 is 14.8. The molecule has 0 aliphatic carbocycles. The lowest BCUT2D eigenvalue weighted by Crippen LogP contribution is -2.20. The first kappa shape index (κ1) is 19.4. The van der Waals surface area contributed by atoms with Gasteiger partial charge in [0, 0.05) is 11.6 Å². The molecule has 0 radical (unpaired) electrons. The third-order valence-electron chi connectivity index (χ3n) is 4.48. The molecule has 2 heterocycles. The van der Waals surface area contributed by atoms with E-state index in [4.69, 9.17) is 23.2 Å². The second-order valence-electron chi connectivity index (χ2n) is 6.46. The quantitative estimate of drug-likeness (QED) is 0.467. The van der Waals surface area contributed by atoms with Crippen molar-refractivity contribution < 1.29 is 9.18 Å². The number of nitrogens with one attached hydrogen (secondary N) is 1. The van der Waals surface area contributed by atoms with Gasteiger partial charge in [0.2, 0.25) is 5.91 Å². The molecule has 5 nitrogen and oxygen atoms in total. The summed E-state index contributed by atoms with van der Waals surface area (Å²) >= 11 is 12.1. The highest BCUT2D eigenvalue weighted by atomic mass is 35.5. The number of hydrogen-bond acceptors (Lipinski definition) is 3. The molecular weight excluding hydrogens is 414 g/mol. The molecule has 2 aromatic carbocycles. The first-order valence-corrected chi connectivity index (χ1v) is 9.51. The highest BCUT2D eigenvalue weighted by molar-refractivity contribution is 6.44. The third kappa shape index (κ3) is 3.81. The van der Waals surface area contributed by atoms with E-state index in [2.05, 4.69) is 15.4 Å². The molecule has 1 amide bonds. The van der Waals surface area contributed by atoms with E-state index in [0.717, 1.165) is 22.2 Å². The van der Waals surface area contributed by atoms with Crippen molar-refractivity contribution in [2.45, 2.75) is 13.5 Å². The van der Waals surface area contributed by atoms with Crippen molar-refractivity contribution in [3.05, 3.63) is 76.3 Å². The van der Waals surface area contributed by atoms with Gasteiger partial charge in [-0.25, -0.2) is 14.1 Å². The van der Waals surface area contributed by atoms with Crippen LogP contribution in [0.15, 0.2) is 54.7 Å². The molecule has 0 fully saturated rings. The summed E-state index contributed by atoms with van der Waals surface area (Å²) in [5, 5.41) is 8.66. The predicted molar refractivity (Wildman–Crippen MR) is 113 cm³/mol. The van der Waals surface area contributed by atoms with Crippen LogP contribution in [0.1, 0.15) is 5.69 Å². The van der Waals surface area contributed by atoms with E-state index in [1.807, 2.05) is 13.0 Å². The Kier molecular flexibility index (Phi) is 5.22. The highest BCUT2D eigenvalue weighted by Gasteiger charge is 2.17. The number of carbonyl (C=O) groups excluding carboxylic acids is 1. The summed E-state index contributed by atoms with van der Waals surface area (Å²) in [4.78, 5) is 16.9. The monoisotopic (exact) mass is 428 g/mol. The summed E-state index contributed by atoms with van der Waals surface area (Å²) in [5.74, 6) is -0.615. The number of aromatic nitrogens is 3. The van der Waals surface area contributed by atoms with Gasteiger partial charge in [-0.05, 0) is 48.4 Å². The second kappa shape index (κ2) is 7.81. The predicted octanol–water partition coefficient (Wildman–Crippen LogP) is 5.49. The van der Waals surface area contributed by atoms with E-state index in [-0.39, 0.29) is 23.3 Å². The standard InChI is InChI=1S/C21H15Cl2FN4O/c1-12-19-15(13-5-7-14(24)8-6-13)9-10-25-21(19)28(27-12)11-18(29)26-17-4-2-3-16(22)20(17)23/h2-10H,11H2,1H3,(H,26,29). The first-order valence-electron chi connectivity index (χ1n) is 8.76. The maximum absolute atomic E-state index is 13.3. The van der Waals surface area contributed by atoms with Crippen molar-refractivity contribution in [3.8, 4) is 11.1 Å². The van der Waals surface area contributed by atoms with Crippen molar-refractivity contribution in [2.75, 3.05) is 5.32 Å². The summed E-state index contributed by atoms with van der Waals surface area (Å²) in [5.41, 5.74) is 3.43. The van der Waals surface area contributed by atoms with Crippen LogP contribution in [-0.2, 0) is 11.3 Å². The van der Waals surface area contributed by atoms with Crippen LogP contribution in [0.2, 0.25) is 10.0 Å². The Hall–Kier alpha value is -2.96. The third-order valence-corrected chi connectivity index (χ3v) is 5.30. The Bertz CT molecular complexity index is 1220. The zero-order valence-corrected chi connectivity index (χ0v) is 16.8. The zero-order chi connectivity index (χ0) is 20.5. The summed E-state index contributed by atoms with van der Waals surface area (Å²) in [6.07, 6.45) is 1.64. The number of hydrogen-bond donors (Lipinski definition) is 1. The molecule has 29 heavy (non-hydrogen) atoms. The summed E-state index contributed by atoms with van der Waals surface area (Å²) in [7, 11) is 0. The van der Waals surface area contributed by atoms with Gasteiger partial charge in [-0.15, -0.1) is 0 Å². The molecule has 0 aliphatic rings. The lowest BCUT2D eigenvalue weighted by Gasteiger charge is -2.09. The number of benzene rings is 2. The number of rotatable bonds is 4. The normalized spacial score (nSPS) is 11.0. The van der Waals surface area contributed by atoms with Gasteiger partial charge in [-0.3, -0.25) is 4.79 Å². The van der Waals surface area contributed by atoms with Gasteiger partial charge >= 0.3 is 0 Å². The van der Waals surface area contributed by atoms with Crippen molar-refractivity contribution >= 4 is 45.8 Å². The van der Waals surface area contributed by atoms with Gasteiger partial charge in [0.25, 0.3) is 0 Å². The van der Waals surface area contributed by atoms with Crippen molar-refractivity contribution in [2.24, 2.45) is 0 Å². The highest BCUT2D eigenvalue weighted by Crippen LogP contribution is 2.31. The SMILES string of the molecule is Cc1nn(CC(=O)Nc2cccc(Cl)c2Cl)c2nccc(-c3ccc(F)cc3)c12. The van der Waals surface area contributed by atoms with Gasteiger partial charge in [0.05, 0.1) is 21.4 Å². The number of pyridine rings is 1. The Morgan fingerprint density at radius 3 is 2.66 bits per heavy atom. The summed E-state index contributed by atoms with van der Waals surface area (Å²) in [6.45, 7) is 1.80. The molecule has 0 spiro atoms. The van der Waals surface area contributed by atoms with Gasteiger partial charge in [-0.2, -0.15) is 5.10 Å². The molecule has 0 saturated carbocycles. The molecule has 0 atom stereocenters. The number of aryl methyl sites for hydroxylation is 1. The lowest BCUT2D eigenvalue weighted by molar-refractivity contribution is -0.116. The number of nitrogens with zero attached hydrogens (tertiary/aromatic N) is 3. The van der Waals surface area contributed by atoms with E-state index in [9.17, 15) is 9.18 Å². The number of amides is 1. The molecule has 0 aliphatic heterocycles. The van der Waals surface area contributed by atoms with Gasteiger partial charge in [-0.1, -0.05) is 41.4 Å².